The van der Waals surface area contributed by atoms with E-state index in [1.807, 2.05) is 31.6 Å². The minimum Gasteiger partial charge on any atom is -0.767 e. The van der Waals surface area contributed by atoms with Crippen molar-refractivity contribution < 1.29 is 18.3 Å². The molecule has 30 heavy (non-hydrogen) atoms. The van der Waals surface area contributed by atoms with Crippen LogP contribution in [0.2, 0.25) is 0 Å². The lowest BCUT2D eigenvalue weighted by Gasteiger charge is -2.33. The Hall–Kier alpha value is -2.79. The van der Waals surface area contributed by atoms with Gasteiger partial charge in [-0.2, -0.15) is 10.2 Å². The van der Waals surface area contributed by atoms with E-state index in [0.717, 1.165) is 18.4 Å². The second-order valence-electron chi connectivity index (χ2n) is 8.23. The van der Waals surface area contributed by atoms with Gasteiger partial charge in [-0.1, -0.05) is 0 Å². The fourth-order valence-electron chi connectivity index (χ4n) is 3.43. The van der Waals surface area contributed by atoms with Gasteiger partial charge < -0.3 is 14.2 Å². The van der Waals surface area contributed by atoms with Crippen molar-refractivity contribution in [3.63, 3.8) is 0 Å². The maximum Gasteiger partial charge on any atom is 0.410 e. The number of ether oxygens (including phenoxy) is 1. The van der Waals surface area contributed by atoms with Gasteiger partial charge in [0.05, 0.1) is 24.1 Å². The maximum atomic E-state index is 12.2. The van der Waals surface area contributed by atoms with Crippen molar-refractivity contribution in [1.29, 1.82) is 0 Å². The first kappa shape index (κ1) is 20.5. The van der Waals surface area contributed by atoms with E-state index in [2.05, 4.69) is 15.2 Å². The Morgan fingerprint density at radius 3 is 2.63 bits per heavy atom. The summed E-state index contributed by atoms with van der Waals surface area (Å²) in [4.78, 5) is 18.0. The molecule has 1 fully saturated rings. The van der Waals surface area contributed by atoms with Crippen molar-refractivity contribution in [3.8, 4) is 11.3 Å². The molecule has 1 unspecified atom stereocenters. The Balaban J connectivity index is 1.46. The molecule has 10 nitrogen and oxygen atoms in total. The minimum absolute atomic E-state index is 0.00811. The molecule has 3 aromatic heterocycles. The third kappa shape index (κ3) is 4.21. The predicted molar refractivity (Wildman–Crippen MR) is 107 cm³/mol. The summed E-state index contributed by atoms with van der Waals surface area (Å²) in [6, 6.07) is 3.67. The average molecular weight is 431 g/mol. The van der Waals surface area contributed by atoms with Gasteiger partial charge >= 0.3 is 6.09 Å². The first-order valence-corrected chi connectivity index (χ1v) is 10.8. The number of hydrogen-bond acceptors (Lipinski definition) is 7. The highest BCUT2D eigenvalue weighted by molar-refractivity contribution is 7.79. The SMILES string of the molecule is CC(C)(C)OC(=O)N1CCC(n2cc(-c3ccc4ncc(S(=O)[O-])n4n3)cn2)CC1. The van der Waals surface area contributed by atoms with Crippen LogP contribution >= 0.6 is 0 Å². The zero-order valence-electron chi connectivity index (χ0n) is 17.0. The molecule has 0 bridgehead atoms. The summed E-state index contributed by atoms with van der Waals surface area (Å²) in [5.41, 5.74) is 1.33. The number of rotatable bonds is 3. The summed E-state index contributed by atoms with van der Waals surface area (Å²) >= 11 is -2.43. The molecule has 160 valence electrons. The Kier molecular flexibility index (Phi) is 5.33. The molecule has 0 N–H and O–H groups in total. The number of piperidine rings is 1. The van der Waals surface area contributed by atoms with Gasteiger partial charge in [-0.25, -0.2) is 14.3 Å². The standard InChI is InChI=1S/C19H24N6O4S/c1-19(2,3)29-18(26)23-8-6-14(7-9-23)24-12-13(10-21-24)15-4-5-16-20-11-17(30(27)28)25(16)22-15/h4-5,10-12,14H,6-9H2,1-3H3,(H,27,28)/p-1. The molecule has 4 rings (SSSR count). The second-order valence-corrected chi connectivity index (χ2v) is 9.11. The predicted octanol–water partition coefficient (Wildman–Crippen LogP) is 2.40. The number of likely N-dealkylation sites (tertiary alicyclic amines) is 1. The summed E-state index contributed by atoms with van der Waals surface area (Å²) < 4.78 is 31.3. The van der Waals surface area contributed by atoms with Gasteiger partial charge in [0.25, 0.3) is 0 Å². The molecule has 11 heteroatoms. The first-order valence-electron chi connectivity index (χ1n) is 9.68. The van der Waals surface area contributed by atoms with Crippen LogP contribution in [0, 0.1) is 0 Å². The summed E-state index contributed by atoms with van der Waals surface area (Å²) in [6.07, 6.45) is 6.14. The average Bonchev–Trinajstić information content (AvgIpc) is 3.33. The zero-order valence-corrected chi connectivity index (χ0v) is 17.8. The fourth-order valence-corrected chi connectivity index (χ4v) is 3.84. The van der Waals surface area contributed by atoms with E-state index in [0.29, 0.717) is 24.4 Å². The van der Waals surface area contributed by atoms with E-state index in [-0.39, 0.29) is 17.2 Å². The van der Waals surface area contributed by atoms with Crippen molar-refractivity contribution in [1.82, 2.24) is 29.3 Å². The molecule has 0 aliphatic carbocycles. The highest BCUT2D eigenvalue weighted by Crippen LogP contribution is 2.26. The summed E-state index contributed by atoms with van der Waals surface area (Å²) in [7, 11) is 0. The van der Waals surface area contributed by atoms with Gasteiger partial charge in [0, 0.05) is 24.8 Å². The smallest absolute Gasteiger partial charge is 0.410 e. The van der Waals surface area contributed by atoms with Crippen LogP contribution in [0.3, 0.4) is 0 Å². The van der Waals surface area contributed by atoms with Gasteiger partial charge in [0.2, 0.25) is 0 Å². The lowest BCUT2D eigenvalue weighted by Crippen LogP contribution is -2.42. The molecule has 4 heterocycles. The lowest BCUT2D eigenvalue weighted by atomic mass is 10.1. The van der Waals surface area contributed by atoms with Crippen LogP contribution in [-0.4, -0.2) is 62.8 Å². The molecule has 1 atom stereocenters. The van der Waals surface area contributed by atoms with E-state index in [1.54, 1.807) is 23.2 Å². The highest BCUT2D eigenvalue weighted by atomic mass is 32.2. The van der Waals surface area contributed by atoms with Gasteiger partial charge in [-0.05, 0) is 56.8 Å². The molecule has 0 spiro atoms. The van der Waals surface area contributed by atoms with Crippen molar-refractivity contribution in [2.24, 2.45) is 0 Å². The molecule has 1 amide bonds. The van der Waals surface area contributed by atoms with E-state index >= 15 is 0 Å². The van der Waals surface area contributed by atoms with Gasteiger partial charge in [-0.3, -0.25) is 8.89 Å². The van der Waals surface area contributed by atoms with Gasteiger partial charge in [0.1, 0.15) is 10.6 Å². The molecule has 1 aliphatic heterocycles. The van der Waals surface area contributed by atoms with Gasteiger partial charge in [0.15, 0.2) is 5.65 Å². The molecule has 1 aliphatic rings. The minimum atomic E-state index is -2.43. The number of nitrogens with zero attached hydrogens (tertiary/aromatic N) is 6. The number of hydrogen-bond donors (Lipinski definition) is 0. The largest absolute Gasteiger partial charge is 0.767 e. The number of carbonyl (C=O) groups excluding carboxylic acids is 1. The number of carbonyl (C=O) groups is 1. The number of imidazole rings is 1. The summed E-state index contributed by atoms with van der Waals surface area (Å²) in [5, 5.41) is 8.87. The molecule has 1 saturated heterocycles. The molecule has 0 radical (unpaired) electrons. The van der Waals surface area contributed by atoms with E-state index in [4.69, 9.17) is 4.74 Å². The molecule has 3 aromatic rings. The van der Waals surface area contributed by atoms with Crippen LogP contribution in [0.15, 0.2) is 35.7 Å². The van der Waals surface area contributed by atoms with Crippen molar-refractivity contribution in [2.75, 3.05) is 13.1 Å². The molecule has 0 aromatic carbocycles. The van der Waals surface area contributed by atoms with Crippen LogP contribution in [0.4, 0.5) is 4.79 Å². The summed E-state index contributed by atoms with van der Waals surface area (Å²) in [5.74, 6) is 0. The van der Waals surface area contributed by atoms with Crippen LogP contribution in [0.5, 0.6) is 0 Å². The third-order valence-electron chi connectivity index (χ3n) is 4.89. The van der Waals surface area contributed by atoms with Crippen LogP contribution in [-0.2, 0) is 15.8 Å². The van der Waals surface area contributed by atoms with Crippen molar-refractivity contribution in [2.45, 2.75) is 50.3 Å². The third-order valence-corrected chi connectivity index (χ3v) is 5.51. The van der Waals surface area contributed by atoms with Gasteiger partial charge in [-0.15, -0.1) is 0 Å². The fraction of sp³-hybridized carbons (Fsp3) is 0.474. The molecule has 0 saturated carbocycles. The van der Waals surface area contributed by atoms with Crippen molar-refractivity contribution >= 4 is 22.8 Å². The Bertz CT molecular complexity index is 1090. The Morgan fingerprint density at radius 1 is 1.23 bits per heavy atom. The van der Waals surface area contributed by atoms with E-state index < -0.39 is 16.7 Å². The topological polar surface area (TPSA) is 118 Å². The lowest BCUT2D eigenvalue weighted by molar-refractivity contribution is 0.0185. The van der Waals surface area contributed by atoms with Crippen molar-refractivity contribution in [3.05, 3.63) is 30.7 Å². The maximum absolute atomic E-state index is 12.2. The molecular weight excluding hydrogens is 408 g/mol. The van der Waals surface area contributed by atoms with E-state index in [9.17, 15) is 13.6 Å². The number of amides is 1. The first-order chi connectivity index (χ1) is 14.2. The van der Waals surface area contributed by atoms with Crippen LogP contribution in [0.1, 0.15) is 39.7 Å². The quantitative estimate of drug-likeness (QED) is 0.584. The van der Waals surface area contributed by atoms with Crippen LogP contribution < -0.4 is 0 Å². The van der Waals surface area contributed by atoms with E-state index in [1.165, 1.54) is 10.7 Å². The zero-order chi connectivity index (χ0) is 21.5. The monoisotopic (exact) mass is 431 g/mol. The normalized spacial score (nSPS) is 16.7. The Morgan fingerprint density at radius 2 is 1.97 bits per heavy atom. The number of aromatic nitrogens is 5. The highest BCUT2D eigenvalue weighted by Gasteiger charge is 2.28. The van der Waals surface area contributed by atoms with Crippen LogP contribution in [0.25, 0.3) is 16.9 Å². The second kappa shape index (κ2) is 7.80. The Labute approximate surface area is 176 Å². The summed E-state index contributed by atoms with van der Waals surface area (Å²) in [6.45, 7) is 6.78. The molecular formula is C19H23N6O4S-. The number of fused-ring (bicyclic) bond motifs is 1.